The second-order valence-electron chi connectivity index (χ2n) is 4.65. The summed E-state index contributed by atoms with van der Waals surface area (Å²) in [5.41, 5.74) is -6.69. The molecule has 0 heterocycles. The van der Waals surface area contributed by atoms with Gasteiger partial charge in [0.1, 0.15) is 0 Å². The summed E-state index contributed by atoms with van der Waals surface area (Å²) in [6, 6.07) is 4.73. The number of aliphatic hydroxyl groups is 1. The summed E-state index contributed by atoms with van der Waals surface area (Å²) in [6.07, 6.45) is 0.369. The number of anilines is 1. The molecule has 0 aromatic heterocycles. The Labute approximate surface area is 115 Å². The number of alkyl halides is 3. The molecular weight excluding hydrogens is 295 g/mol. The SMILES string of the molecule is CCC(C)(O)CNc1ccccc1S(=O)(=O)C(F)(F)F. The molecule has 4 nitrogen and oxygen atoms in total. The van der Waals surface area contributed by atoms with Gasteiger partial charge >= 0.3 is 5.51 Å². The van der Waals surface area contributed by atoms with Gasteiger partial charge in [-0.15, -0.1) is 0 Å². The van der Waals surface area contributed by atoms with E-state index < -0.39 is 25.8 Å². The Morgan fingerprint density at radius 2 is 1.80 bits per heavy atom. The summed E-state index contributed by atoms with van der Waals surface area (Å²) >= 11 is 0. The van der Waals surface area contributed by atoms with Crippen LogP contribution < -0.4 is 5.32 Å². The lowest BCUT2D eigenvalue weighted by Gasteiger charge is -2.23. The van der Waals surface area contributed by atoms with Gasteiger partial charge < -0.3 is 10.4 Å². The number of hydrogen-bond acceptors (Lipinski definition) is 4. The smallest absolute Gasteiger partial charge is 0.388 e. The largest absolute Gasteiger partial charge is 0.501 e. The predicted octanol–water partition coefficient (Wildman–Crippen LogP) is 2.55. The van der Waals surface area contributed by atoms with Crippen molar-refractivity contribution in [3.63, 3.8) is 0 Å². The average molecular weight is 311 g/mol. The van der Waals surface area contributed by atoms with Crippen LogP contribution in [-0.2, 0) is 9.84 Å². The Morgan fingerprint density at radius 3 is 2.30 bits per heavy atom. The van der Waals surface area contributed by atoms with E-state index in [2.05, 4.69) is 5.32 Å². The molecule has 0 aliphatic rings. The molecule has 0 bridgehead atoms. The van der Waals surface area contributed by atoms with Crippen molar-refractivity contribution in [1.82, 2.24) is 0 Å². The minimum Gasteiger partial charge on any atom is -0.388 e. The number of para-hydroxylation sites is 1. The molecule has 114 valence electrons. The van der Waals surface area contributed by atoms with Crippen LogP contribution in [0.5, 0.6) is 0 Å². The van der Waals surface area contributed by atoms with Crippen molar-refractivity contribution in [1.29, 1.82) is 0 Å². The lowest BCUT2D eigenvalue weighted by atomic mass is 10.0. The van der Waals surface area contributed by atoms with Crippen LogP contribution in [0.2, 0.25) is 0 Å². The lowest BCUT2D eigenvalue weighted by Crippen LogP contribution is -2.33. The second kappa shape index (κ2) is 5.61. The van der Waals surface area contributed by atoms with Crippen molar-refractivity contribution in [3.05, 3.63) is 24.3 Å². The molecule has 0 aliphatic heterocycles. The fourth-order valence-electron chi connectivity index (χ4n) is 1.38. The first-order valence-corrected chi connectivity index (χ1v) is 7.36. The molecule has 1 unspecified atom stereocenters. The lowest BCUT2D eigenvalue weighted by molar-refractivity contribution is -0.0435. The van der Waals surface area contributed by atoms with Crippen LogP contribution in [0, 0.1) is 0 Å². The Morgan fingerprint density at radius 1 is 1.25 bits per heavy atom. The molecule has 1 rings (SSSR count). The summed E-state index contributed by atoms with van der Waals surface area (Å²) < 4.78 is 60.6. The third kappa shape index (κ3) is 3.63. The minimum absolute atomic E-state index is 0.0616. The van der Waals surface area contributed by atoms with Gasteiger partial charge in [0.15, 0.2) is 0 Å². The van der Waals surface area contributed by atoms with Gasteiger partial charge in [-0.3, -0.25) is 0 Å². The fourth-order valence-corrected chi connectivity index (χ4v) is 2.32. The molecule has 1 aromatic rings. The fraction of sp³-hybridized carbons (Fsp3) is 0.500. The Balaban J connectivity index is 3.14. The minimum atomic E-state index is -5.43. The van der Waals surface area contributed by atoms with Gasteiger partial charge in [0.05, 0.1) is 16.2 Å². The first-order valence-electron chi connectivity index (χ1n) is 5.88. The molecule has 0 radical (unpaired) electrons. The molecule has 8 heteroatoms. The van der Waals surface area contributed by atoms with Crippen LogP contribution in [0.3, 0.4) is 0 Å². The number of rotatable bonds is 5. The highest BCUT2D eigenvalue weighted by Gasteiger charge is 2.47. The predicted molar refractivity (Wildman–Crippen MR) is 69.1 cm³/mol. The van der Waals surface area contributed by atoms with E-state index in [0.29, 0.717) is 6.42 Å². The summed E-state index contributed by atoms with van der Waals surface area (Å²) in [5.74, 6) is 0. The topological polar surface area (TPSA) is 66.4 Å². The van der Waals surface area contributed by atoms with Gasteiger partial charge in [0.25, 0.3) is 9.84 Å². The molecule has 20 heavy (non-hydrogen) atoms. The summed E-state index contributed by atoms with van der Waals surface area (Å²) in [6.45, 7) is 3.15. The van der Waals surface area contributed by atoms with Crippen LogP contribution in [-0.4, -0.2) is 31.2 Å². The van der Waals surface area contributed by atoms with Crippen molar-refractivity contribution in [2.24, 2.45) is 0 Å². The van der Waals surface area contributed by atoms with E-state index in [4.69, 9.17) is 0 Å². The Hall–Kier alpha value is -1.28. The number of sulfone groups is 1. The highest BCUT2D eigenvalue weighted by Crippen LogP contribution is 2.34. The van der Waals surface area contributed by atoms with E-state index in [1.54, 1.807) is 6.92 Å². The quantitative estimate of drug-likeness (QED) is 0.877. The van der Waals surface area contributed by atoms with Gasteiger partial charge in [-0.2, -0.15) is 13.2 Å². The molecule has 0 aliphatic carbocycles. The van der Waals surface area contributed by atoms with Crippen LogP contribution >= 0.6 is 0 Å². The molecule has 2 N–H and O–H groups in total. The first-order chi connectivity index (χ1) is 9.01. The van der Waals surface area contributed by atoms with Crippen molar-refractivity contribution in [2.75, 3.05) is 11.9 Å². The van der Waals surface area contributed by atoms with Gasteiger partial charge in [-0.05, 0) is 25.5 Å². The van der Waals surface area contributed by atoms with Crippen LogP contribution in [0.15, 0.2) is 29.2 Å². The van der Waals surface area contributed by atoms with Crippen LogP contribution in [0.1, 0.15) is 20.3 Å². The molecular formula is C12H16F3NO3S. The van der Waals surface area contributed by atoms with E-state index in [-0.39, 0.29) is 12.2 Å². The Bertz CT molecular complexity index is 568. The van der Waals surface area contributed by atoms with Gasteiger partial charge in [0.2, 0.25) is 0 Å². The Kier molecular flexibility index (Phi) is 4.70. The van der Waals surface area contributed by atoms with Gasteiger partial charge in [0, 0.05) is 6.54 Å². The molecule has 0 fully saturated rings. The molecule has 1 atom stereocenters. The van der Waals surface area contributed by atoms with Gasteiger partial charge in [-0.1, -0.05) is 19.1 Å². The molecule has 0 amide bonds. The van der Waals surface area contributed by atoms with E-state index in [0.717, 1.165) is 6.07 Å². The molecule has 0 spiro atoms. The van der Waals surface area contributed by atoms with Crippen molar-refractivity contribution in [3.8, 4) is 0 Å². The van der Waals surface area contributed by atoms with Crippen molar-refractivity contribution < 1.29 is 26.7 Å². The number of benzene rings is 1. The van der Waals surface area contributed by atoms with Crippen molar-refractivity contribution in [2.45, 2.75) is 36.3 Å². The third-order valence-electron chi connectivity index (χ3n) is 2.90. The maximum Gasteiger partial charge on any atom is 0.501 e. The zero-order chi connectivity index (χ0) is 15.6. The van der Waals surface area contributed by atoms with E-state index >= 15 is 0 Å². The van der Waals surface area contributed by atoms with Gasteiger partial charge in [-0.25, -0.2) is 8.42 Å². The average Bonchev–Trinajstić information content (AvgIpc) is 2.35. The molecule has 0 saturated carbocycles. The van der Waals surface area contributed by atoms with Crippen molar-refractivity contribution >= 4 is 15.5 Å². The summed E-state index contributed by atoms with van der Waals surface area (Å²) in [7, 11) is -5.43. The third-order valence-corrected chi connectivity index (χ3v) is 4.45. The maximum atomic E-state index is 12.6. The van der Waals surface area contributed by atoms with Crippen LogP contribution in [0.4, 0.5) is 18.9 Å². The van der Waals surface area contributed by atoms with E-state index in [1.165, 1.54) is 25.1 Å². The highest BCUT2D eigenvalue weighted by atomic mass is 32.2. The normalized spacial score (nSPS) is 15.7. The van der Waals surface area contributed by atoms with E-state index in [1.807, 2.05) is 0 Å². The zero-order valence-electron chi connectivity index (χ0n) is 11.0. The number of nitrogens with one attached hydrogen (secondary N) is 1. The first kappa shape index (κ1) is 16.8. The standard InChI is InChI=1S/C12H16F3NO3S/c1-3-11(2,17)8-16-9-6-4-5-7-10(9)20(18,19)12(13,14)15/h4-7,16-17H,3,8H2,1-2H3. The number of hydrogen-bond donors (Lipinski definition) is 2. The monoisotopic (exact) mass is 311 g/mol. The van der Waals surface area contributed by atoms with Crippen LogP contribution in [0.25, 0.3) is 0 Å². The highest BCUT2D eigenvalue weighted by molar-refractivity contribution is 7.92. The van der Waals surface area contributed by atoms with E-state index in [9.17, 15) is 26.7 Å². The molecule has 1 aromatic carbocycles. The summed E-state index contributed by atoms with van der Waals surface area (Å²) in [4.78, 5) is -0.848. The number of halogens is 3. The second-order valence-corrected chi connectivity index (χ2v) is 6.56. The molecule has 0 saturated heterocycles. The summed E-state index contributed by atoms with van der Waals surface area (Å²) in [5, 5.41) is 12.4. The zero-order valence-corrected chi connectivity index (χ0v) is 11.8. The maximum absolute atomic E-state index is 12.6.